The third-order valence-electron chi connectivity index (χ3n) is 4.28. The maximum absolute atomic E-state index is 13.1. The first kappa shape index (κ1) is 17.4. The van der Waals surface area contributed by atoms with Gasteiger partial charge < -0.3 is 5.73 Å². The molecule has 2 N–H and O–H groups in total. The maximum Gasteiger partial charge on any atom is 0.289 e. The molecule has 132 valence electrons. The minimum atomic E-state index is -4.01. The van der Waals surface area contributed by atoms with Gasteiger partial charge in [-0.05, 0) is 49.1 Å². The Kier molecular flexibility index (Phi) is 4.73. The van der Waals surface area contributed by atoms with Crippen LogP contribution in [0, 0.1) is 10.1 Å². The predicted molar refractivity (Wildman–Crippen MR) is 95.1 cm³/mol. The molecule has 0 amide bonds. The Bertz CT molecular complexity index is 912. The predicted octanol–water partition coefficient (Wildman–Crippen LogP) is 2.24. The first-order chi connectivity index (χ1) is 11.9. The van der Waals surface area contributed by atoms with Crippen LogP contribution in [-0.4, -0.2) is 26.4 Å². The van der Waals surface area contributed by atoms with E-state index >= 15 is 0 Å². The number of fused-ring (bicyclic) bond motifs is 1. The zero-order valence-corrected chi connectivity index (χ0v) is 14.4. The Morgan fingerprint density at radius 1 is 1.20 bits per heavy atom. The average molecular weight is 361 g/mol. The highest BCUT2D eigenvalue weighted by Crippen LogP contribution is 2.35. The van der Waals surface area contributed by atoms with Crippen LogP contribution in [0.2, 0.25) is 0 Å². The number of hydrogen-bond donors (Lipinski definition) is 1. The van der Waals surface area contributed by atoms with E-state index in [1.54, 1.807) is 6.07 Å². The number of nitrogens with two attached hydrogens (primary N) is 1. The van der Waals surface area contributed by atoms with Gasteiger partial charge >= 0.3 is 0 Å². The number of para-hydroxylation sites is 1. The third kappa shape index (κ3) is 3.22. The van der Waals surface area contributed by atoms with E-state index in [9.17, 15) is 18.5 Å². The topological polar surface area (TPSA) is 107 Å². The number of rotatable bonds is 5. The van der Waals surface area contributed by atoms with Gasteiger partial charge in [0.1, 0.15) is 0 Å². The molecule has 0 saturated carbocycles. The number of sulfonamides is 1. The molecule has 8 heteroatoms. The number of benzene rings is 2. The van der Waals surface area contributed by atoms with Crippen molar-refractivity contribution in [1.29, 1.82) is 0 Å². The summed E-state index contributed by atoms with van der Waals surface area (Å²) in [5.41, 5.74) is 7.76. The van der Waals surface area contributed by atoms with Crippen LogP contribution in [0.4, 0.5) is 11.4 Å². The Hall–Kier alpha value is -2.45. The zero-order chi connectivity index (χ0) is 18.0. The molecule has 3 rings (SSSR count). The SMILES string of the molecule is NCCc1ccc2c(c1)CCCN2S(=O)(=O)c1ccccc1[N+](=O)[O-]. The summed E-state index contributed by atoms with van der Waals surface area (Å²) in [6.07, 6.45) is 2.17. The maximum atomic E-state index is 13.1. The molecule has 0 atom stereocenters. The van der Waals surface area contributed by atoms with Crippen LogP contribution in [0.3, 0.4) is 0 Å². The Balaban J connectivity index is 2.08. The average Bonchev–Trinajstić information content (AvgIpc) is 2.61. The smallest absolute Gasteiger partial charge is 0.289 e. The van der Waals surface area contributed by atoms with E-state index in [2.05, 4.69) is 0 Å². The second-order valence-electron chi connectivity index (χ2n) is 5.91. The van der Waals surface area contributed by atoms with E-state index in [0.29, 0.717) is 25.2 Å². The van der Waals surface area contributed by atoms with E-state index in [-0.39, 0.29) is 4.90 Å². The van der Waals surface area contributed by atoms with Gasteiger partial charge in [-0.25, -0.2) is 8.42 Å². The van der Waals surface area contributed by atoms with Crippen molar-refractivity contribution in [3.8, 4) is 0 Å². The Labute approximate surface area is 146 Å². The lowest BCUT2D eigenvalue weighted by Gasteiger charge is -2.30. The van der Waals surface area contributed by atoms with Crippen molar-refractivity contribution >= 4 is 21.4 Å². The van der Waals surface area contributed by atoms with Gasteiger partial charge in [0.05, 0.1) is 10.6 Å². The first-order valence-electron chi connectivity index (χ1n) is 8.03. The highest BCUT2D eigenvalue weighted by molar-refractivity contribution is 7.93. The van der Waals surface area contributed by atoms with Crippen molar-refractivity contribution in [3.05, 3.63) is 63.7 Å². The van der Waals surface area contributed by atoms with Crippen LogP contribution >= 0.6 is 0 Å². The fourth-order valence-corrected chi connectivity index (χ4v) is 4.83. The van der Waals surface area contributed by atoms with Crippen molar-refractivity contribution in [3.63, 3.8) is 0 Å². The lowest BCUT2D eigenvalue weighted by molar-refractivity contribution is -0.387. The molecule has 0 radical (unpaired) electrons. The second-order valence-corrected chi connectivity index (χ2v) is 7.74. The van der Waals surface area contributed by atoms with E-state index in [1.165, 1.54) is 28.6 Å². The number of nitro benzene ring substituents is 1. The number of hydrogen-bond acceptors (Lipinski definition) is 5. The molecule has 0 spiro atoms. The molecule has 1 aliphatic heterocycles. The standard InChI is InChI=1S/C17H19N3O4S/c18-10-9-13-7-8-15-14(12-13)4-3-11-19(15)25(23,24)17-6-2-1-5-16(17)20(21)22/h1-2,5-8,12H,3-4,9-11,18H2. The van der Waals surface area contributed by atoms with Crippen LogP contribution in [-0.2, 0) is 22.9 Å². The monoisotopic (exact) mass is 361 g/mol. The molecule has 7 nitrogen and oxygen atoms in total. The Morgan fingerprint density at radius 2 is 1.96 bits per heavy atom. The third-order valence-corrected chi connectivity index (χ3v) is 6.14. The molecule has 0 aromatic heterocycles. The van der Waals surface area contributed by atoms with Crippen molar-refractivity contribution in [2.45, 2.75) is 24.2 Å². The first-order valence-corrected chi connectivity index (χ1v) is 9.47. The van der Waals surface area contributed by atoms with Gasteiger partial charge in [0.2, 0.25) is 0 Å². The quantitative estimate of drug-likeness (QED) is 0.649. The number of nitro groups is 1. The largest absolute Gasteiger partial charge is 0.330 e. The van der Waals surface area contributed by atoms with Gasteiger partial charge in [-0.2, -0.15) is 0 Å². The Morgan fingerprint density at radius 3 is 2.68 bits per heavy atom. The highest BCUT2D eigenvalue weighted by Gasteiger charge is 2.34. The number of anilines is 1. The van der Waals surface area contributed by atoms with Crippen LogP contribution in [0.15, 0.2) is 47.4 Å². The highest BCUT2D eigenvalue weighted by atomic mass is 32.2. The van der Waals surface area contributed by atoms with Crippen molar-refractivity contribution in [1.82, 2.24) is 0 Å². The van der Waals surface area contributed by atoms with Crippen molar-refractivity contribution in [2.24, 2.45) is 5.73 Å². The molecular formula is C17H19N3O4S. The van der Waals surface area contributed by atoms with Crippen LogP contribution in [0.5, 0.6) is 0 Å². The summed E-state index contributed by atoms with van der Waals surface area (Å²) in [4.78, 5) is 10.3. The van der Waals surface area contributed by atoms with Gasteiger partial charge in [-0.3, -0.25) is 14.4 Å². The van der Waals surface area contributed by atoms with E-state index in [1.807, 2.05) is 12.1 Å². The van der Waals surface area contributed by atoms with E-state index in [4.69, 9.17) is 5.73 Å². The summed E-state index contributed by atoms with van der Waals surface area (Å²) in [7, 11) is -4.01. The molecule has 0 bridgehead atoms. The zero-order valence-electron chi connectivity index (χ0n) is 13.6. The molecule has 0 fully saturated rings. The molecule has 2 aromatic rings. The van der Waals surface area contributed by atoms with Crippen molar-refractivity contribution < 1.29 is 13.3 Å². The van der Waals surface area contributed by atoms with E-state index < -0.39 is 20.6 Å². The van der Waals surface area contributed by atoms with Gasteiger partial charge in [0.25, 0.3) is 15.7 Å². The van der Waals surface area contributed by atoms with Gasteiger partial charge in [-0.15, -0.1) is 0 Å². The molecular weight excluding hydrogens is 342 g/mol. The minimum absolute atomic E-state index is 0.279. The van der Waals surface area contributed by atoms with Gasteiger partial charge in [0.15, 0.2) is 4.90 Å². The van der Waals surface area contributed by atoms with Gasteiger partial charge in [-0.1, -0.05) is 24.3 Å². The summed E-state index contributed by atoms with van der Waals surface area (Å²) in [5, 5.41) is 11.2. The lowest BCUT2D eigenvalue weighted by Crippen LogP contribution is -2.35. The summed E-state index contributed by atoms with van der Waals surface area (Å²) in [6.45, 7) is 0.828. The van der Waals surface area contributed by atoms with Crippen LogP contribution in [0.25, 0.3) is 0 Å². The molecule has 1 aliphatic rings. The summed E-state index contributed by atoms with van der Waals surface area (Å²) < 4.78 is 27.5. The molecule has 0 aliphatic carbocycles. The normalized spacial score (nSPS) is 14.2. The fourth-order valence-electron chi connectivity index (χ4n) is 3.13. The minimum Gasteiger partial charge on any atom is -0.330 e. The van der Waals surface area contributed by atoms with Crippen molar-refractivity contribution in [2.75, 3.05) is 17.4 Å². The summed E-state index contributed by atoms with van der Waals surface area (Å²) >= 11 is 0. The van der Waals surface area contributed by atoms with E-state index in [0.717, 1.165) is 24.0 Å². The molecule has 2 aromatic carbocycles. The molecule has 0 unspecified atom stereocenters. The second kappa shape index (κ2) is 6.81. The van der Waals surface area contributed by atoms with Crippen LogP contribution < -0.4 is 10.0 Å². The number of aryl methyl sites for hydroxylation is 1. The molecule has 1 heterocycles. The lowest BCUT2D eigenvalue weighted by atomic mass is 9.99. The summed E-state index contributed by atoms with van der Waals surface area (Å²) in [5.74, 6) is 0. The molecule has 25 heavy (non-hydrogen) atoms. The molecule has 0 saturated heterocycles. The summed E-state index contributed by atoms with van der Waals surface area (Å²) in [6, 6.07) is 11.1. The number of nitrogens with zero attached hydrogens (tertiary/aromatic N) is 2. The van der Waals surface area contributed by atoms with Crippen LogP contribution in [0.1, 0.15) is 17.5 Å². The fraction of sp³-hybridized carbons (Fsp3) is 0.294. The van der Waals surface area contributed by atoms with Gasteiger partial charge in [0, 0.05) is 12.6 Å².